The third-order valence-corrected chi connectivity index (χ3v) is 6.80. The zero-order valence-corrected chi connectivity index (χ0v) is 20.4. The highest BCUT2D eigenvalue weighted by Crippen LogP contribution is 2.24. The normalized spacial score (nSPS) is 13.7. The topological polar surface area (TPSA) is 87.8 Å². The summed E-state index contributed by atoms with van der Waals surface area (Å²) >= 11 is 0. The number of oxazole rings is 1. The summed E-state index contributed by atoms with van der Waals surface area (Å²) in [6.45, 7) is 6.67. The van der Waals surface area contributed by atoms with Crippen LogP contribution in [0.4, 0.5) is 11.4 Å². The SMILES string of the molecule is Cc1cccc(N2CCN(C(=O)Cn3c(=O)oc4ccc(C(=O)Nc5ccccc5)cc43)CC2)c1C. The lowest BCUT2D eigenvalue weighted by Crippen LogP contribution is -2.50. The molecular formula is C28H28N4O4. The minimum Gasteiger partial charge on any atom is -0.408 e. The molecule has 1 N–H and O–H groups in total. The van der Waals surface area contributed by atoms with Gasteiger partial charge < -0.3 is 19.5 Å². The molecule has 2 heterocycles. The first kappa shape index (κ1) is 23.4. The number of anilines is 2. The Labute approximate surface area is 208 Å². The average Bonchev–Trinajstić information content (AvgIpc) is 3.20. The molecule has 1 aliphatic rings. The Morgan fingerprint density at radius 2 is 1.67 bits per heavy atom. The maximum Gasteiger partial charge on any atom is 0.420 e. The van der Waals surface area contributed by atoms with Crippen LogP contribution in [-0.4, -0.2) is 47.5 Å². The number of para-hydroxylation sites is 1. The second-order valence-electron chi connectivity index (χ2n) is 9.04. The molecule has 0 atom stereocenters. The van der Waals surface area contributed by atoms with Crippen LogP contribution in [0.3, 0.4) is 0 Å². The molecule has 0 unspecified atom stereocenters. The predicted octanol–water partition coefficient (Wildman–Crippen LogP) is 3.81. The van der Waals surface area contributed by atoms with Gasteiger partial charge in [0.1, 0.15) is 6.54 Å². The molecule has 2 amide bonds. The van der Waals surface area contributed by atoms with Crippen molar-refractivity contribution < 1.29 is 14.0 Å². The number of nitrogens with zero attached hydrogens (tertiary/aromatic N) is 3. The first-order valence-corrected chi connectivity index (χ1v) is 12.0. The molecule has 1 fully saturated rings. The summed E-state index contributed by atoms with van der Waals surface area (Å²) in [6, 6.07) is 20.2. The van der Waals surface area contributed by atoms with Crippen molar-refractivity contribution in [3.8, 4) is 0 Å². The summed E-state index contributed by atoms with van der Waals surface area (Å²) in [5.74, 6) is -1.08. The van der Waals surface area contributed by atoms with Gasteiger partial charge in [-0.1, -0.05) is 30.3 Å². The maximum absolute atomic E-state index is 13.1. The largest absolute Gasteiger partial charge is 0.420 e. The lowest BCUT2D eigenvalue weighted by Gasteiger charge is -2.37. The number of rotatable bonds is 5. The number of piperazine rings is 1. The van der Waals surface area contributed by atoms with E-state index in [0.29, 0.717) is 35.4 Å². The third-order valence-electron chi connectivity index (χ3n) is 6.80. The number of hydrogen-bond acceptors (Lipinski definition) is 5. The third kappa shape index (κ3) is 4.62. The van der Waals surface area contributed by atoms with Crippen molar-refractivity contribution in [2.45, 2.75) is 20.4 Å². The quantitative estimate of drug-likeness (QED) is 0.465. The average molecular weight is 485 g/mol. The Kier molecular flexibility index (Phi) is 6.33. The van der Waals surface area contributed by atoms with E-state index in [2.05, 4.69) is 42.3 Å². The molecule has 0 bridgehead atoms. The number of fused-ring (bicyclic) bond motifs is 1. The summed E-state index contributed by atoms with van der Waals surface area (Å²) in [5.41, 5.74) is 5.49. The van der Waals surface area contributed by atoms with E-state index in [1.54, 1.807) is 35.2 Å². The van der Waals surface area contributed by atoms with E-state index in [1.807, 2.05) is 18.2 Å². The lowest BCUT2D eigenvalue weighted by molar-refractivity contribution is -0.132. The van der Waals surface area contributed by atoms with Gasteiger partial charge in [-0.3, -0.25) is 14.2 Å². The van der Waals surface area contributed by atoms with E-state index in [0.717, 1.165) is 13.1 Å². The fourth-order valence-corrected chi connectivity index (χ4v) is 4.59. The van der Waals surface area contributed by atoms with Gasteiger partial charge in [-0.05, 0) is 61.4 Å². The maximum atomic E-state index is 13.1. The molecular weight excluding hydrogens is 456 g/mol. The van der Waals surface area contributed by atoms with Crippen molar-refractivity contribution in [1.82, 2.24) is 9.47 Å². The van der Waals surface area contributed by atoms with Crippen LogP contribution in [0.25, 0.3) is 11.1 Å². The first-order valence-electron chi connectivity index (χ1n) is 12.0. The molecule has 0 radical (unpaired) electrons. The molecule has 0 spiro atoms. The molecule has 184 valence electrons. The Bertz CT molecular complexity index is 1480. The second kappa shape index (κ2) is 9.73. The molecule has 8 nitrogen and oxygen atoms in total. The molecule has 3 aromatic carbocycles. The number of aromatic nitrogens is 1. The van der Waals surface area contributed by atoms with E-state index in [1.165, 1.54) is 21.4 Å². The molecule has 0 aliphatic carbocycles. The van der Waals surface area contributed by atoms with Crippen LogP contribution in [0.5, 0.6) is 0 Å². The van der Waals surface area contributed by atoms with Crippen LogP contribution in [0.1, 0.15) is 21.5 Å². The van der Waals surface area contributed by atoms with Gasteiger partial charge in [0.2, 0.25) is 5.91 Å². The minimum absolute atomic E-state index is 0.140. The standard InChI is InChI=1S/C28H28N4O4/c1-19-7-6-10-23(20(19)2)30-13-15-31(16-14-30)26(33)18-32-24-17-21(11-12-25(24)36-28(32)35)27(34)29-22-8-4-3-5-9-22/h3-12,17H,13-16,18H2,1-2H3,(H,29,34). The Balaban J connectivity index is 1.29. The predicted molar refractivity (Wildman–Crippen MR) is 140 cm³/mol. The van der Waals surface area contributed by atoms with Crippen molar-refractivity contribution in [2.75, 3.05) is 36.4 Å². The van der Waals surface area contributed by atoms with Gasteiger partial charge in [0, 0.05) is 43.1 Å². The number of aryl methyl sites for hydroxylation is 1. The summed E-state index contributed by atoms with van der Waals surface area (Å²) in [4.78, 5) is 42.5. The van der Waals surface area contributed by atoms with Gasteiger partial charge in [0.25, 0.3) is 5.91 Å². The summed E-state index contributed by atoms with van der Waals surface area (Å²) < 4.78 is 6.64. The van der Waals surface area contributed by atoms with Crippen LogP contribution < -0.4 is 16.0 Å². The zero-order chi connectivity index (χ0) is 25.2. The molecule has 5 rings (SSSR count). The highest BCUT2D eigenvalue weighted by molar-refractivity contribution is 6.05. The Morgan fingerprint density at radius 3 is 2.42 bits per heavy atom. The molecule has 1 saturated heterocycles. The van der Waals surface area contributed by atoms with Crippen LogP contribution in [0.2, 0.25) is 0 Å². The van der Waals surface area contributed by atoms with Gasteiger partial charge in [-0.2, -0.15) is 0 Å². The van der Waals surface area contributed by atoms with Crippen LogP contribution in [0, 0.1) is 13.8 Å². The van der Waals surface area contributed by atoms with Gasteiger partial charge in [-0.15, -0.1) is 0 Å². The van der Waals surface area contributed by atoms with E-state index < -0.39 is 5.76 Å². The highest BCUT2D eigenvalue weighted by Gasteiger charge is 2.24. The van der Waals surface area contributed by atoms with Crippen LogP contribution >= 0.6 is 0 Å². The van der Waals surface area contributed by atoms with Crippen LogP contribution in [-0.2, 0) is 11.3 Å². The molecule has 1 aliphatic heterocycles. The molecule has 1 aromatic heterocycles. The molecule has 8 heteroatoms. The number of hydrogen-bond donors (Lipinski definition) is 1. The minimum atomic E-state index is -0.618. The van der Waals surface area contributed by atoms with Gasteiger partial charge >= 0.3 is 5.76 Å². The van der Waals surface area contributed by atoms with Crippen molar-refractivity contribution in [1.29, 1.82) is 0 Å². The van der Waals surface area contributed by atoms with Crippen molar-refractivity contribution >= 4 is 34.3 Å². The van der Waals surface area contributed by atoms with Gasteiger partial charge in [0.15, 0.2) is 5.58 Å². The number of nitrogens with one attached hydrogen (secondary N) is 1. The van der Waals surface area contributed by atoms with Crippen LogP contribution in [0.15, 0.2) is 75.9 Å². The highest BCUT2D eigenvalue weighted by atomic mass is 16.4. The summed E-state index contributed by atoms with van der Waals surface area (Å²) in [6.07, 6.45) is 0. The number of carbonyl (C=O) groups excluding carboxylic acids is 2. The molecule has 36 heavy (non-hydrogen) atoms. The first-order chi connectivity index (χ1) is 17.4. The fourth-order valence-electron chi connectivity index (χ4n) is 4.59. The van der Waals surface area contributed by atoms with E-state index in [-0.39, 0.29) is 18.4 Å². The number of carbonyl (C=O) groups is 2. The van der Waals surface area contributed by atoms with E-state index >= 15 is 0 Å². The van der Waals surface area contributed by atoms with Crippen molar-refractivity contribution in [3.63, 3.8) is 0 Å². The monoisotopic (exact) mass is 484 g/mol. The van der Waals surface area contributed by atoms with Crippen molar-refractivity contribution in [2.24, 2.45) is 0 Å². The fraction of sp³-hybridized carbons (Fsp3) is 0.250. The smallest absolute Gasteiger partial charge is 0.408 e. The Hall–Kier alpha value is -4.33. The number of amides is 2. The van der Waals surface area contributed by atoms with Crippen molar-refractivity contribution in [3.05, 3.63) is 94.0 Å². The molecule has 4 aromatic rings. The number of benzene rings is 3. The zero-order valence-electron chi connectivity index (χ0n) is 20.4. The molecule has 0 saturated carbocycles. The van der Waals surface area contributed by atoms with Gasteiger partial charge in [0.05, 0.1) is 5.52 Å². The lowest BCUT2D eigenvalue weighted by atomic mass is 10.1. The second-order valence-corrected chi connectivity index (χ2v) is 9.04. The van der Waals surface area contributed by atoms with E-state index in [4.69, 9.17) is 4.42 Å². The summed E-state index contributed by atoms with van der Waals surface area (Å²) in [7, 11) is 0. The van der Waals surface area contributed by atoms with E-state index in [9.17, 15) is 14.4 Å². The summed E-state index contributed by atoms with van der Waals surface area (Å²) in [5, 5.41) is 2.83. The Morgan fingerprint density at radius 1 is 0.917 bits per heavy atom. The van der Waals surface area contributed by atoms with Gasteiger partial charge in [-0.25, -0.2) is 4.79 Å².